The zero-order valence-corrected chi connectivity index (χ0v) is 12.3. The van der Waals surface area contributed by atoms with Gasteiger partial charge in [-0.15, -0.1) is 11.8 Å². The summed E-state index contributed by atoms with van der Waals surface area (Å²) in [6.45, 7) is 2.67. The van der Waals surface area contributed by atoms with E-state index in [-0.39, 0.29) is 11.8 Å². The van der Waals surface area contributed by atoms with Gasteiger partial charge in [0.25, 0.3) is 0 Å². The highest BCUT2D eigenvalue weighted by atomic mass is 32.2. The normalized spacial score (nSPS) is 16.3. The molecule has 0 radical (unpaired) electrons. The predicted octanol–water partition coefficient (Wildman–Crippen LogP) is 2.07. The number of thioether (sulfide) groups is 1. The summed E-state index contributed by atoms with van der Waals surface area (Å²) in [7, 11) is 0. The Morgan fingerprint density at radius 1 is 1.32 bits per heavy atom. The lowest BCUT2D eigenvalue weighted by Crippen LogP contribution is -2.38. The molecule has 104 valence electrons. The molecule has 1 aromatic carbocycles. The van der Waals surface area contributed by atoms with E-state index in [1.54, 1.807) is 11.8 Å². The fourth-order valence-corrected chi connectivity index (χ4v) is 2.76. The Morgan fingerprint density at radius 3 is 2.63 bits per heavy atom. The van der Waals surface area contributed by atoms with Gasteiger partial charge in [0, 0.05) is 17.4 Å². The van der Waals surface area contributed by atoms with E-state index in [2.05, 4.69) is 41.2 Å². The summed E-state index contributed by atoms with van der Waals surface area (Å²) in [4.78, 5) is 13.2. The van der Waals surface area contributed by atoms with Crippen molar-refractivity contribution in [1.29, 1.82) is 0 Å². The third-order valence-corrected chi connectivity index (χ3v) is 4.33. The van der Waals surface area contributed by atoms with Gasteiger partial charge in [0.05, 0.1) is 0 Å². The predicted molar refractivity (Wildman–Crippen MR) is 80.5 cm³/mol. The van der Waals surface area contributed by atoms with Crippen molar-refractivity contribution in [1.82, 2.24) is 10.6 Å². The smallest absolute Gasteiger partial charge is 0.223 e. The first-order valence-electron chi connectivity index (χ1n) is 6.91. The Labute approximate surface area is 119 Å². The fraction of sp³-hybridized carbons (Fsp3) is 0.533. The second-order valence-electron chi connectivity index (χ2n) is 4.91. The number of carbonyl (C=O) groups excluding carboxylic acids is 1. The molecule has 1 heterocycles. The number of piperidine rings is 1. The van der Waals surface area contributed by atoms with Gasteiger partial charge < -0.3 is 10.6 Å². The molecule has 0 unspecified atom stereocenters. The SMILES string of the molecule is CSc1ccc(CCNC(=O)C2CCNCC2)cc1. The summed E-state index contributed by atoms with van der Waals surface area (Å²) in [5.41, 5.74) is 1.28. The molecule has 2 rings (SSSR count). The number of amides is 1. The van der Waals surface area contributed by atoms with Crippen molar-refractivity contribution in [3.63, 3.8) is 0 Å². The topological polar surface area (TPSA) is 41.1 Å². The molecule has 1 aliphatic rings. The van der Waals surface area contributed by atoms with E-state index >= 15 is 0 Å². The van der Waals surface area contributed by atoms with Crippen molar-refractivity contribution in [3.05, 3.63) is 29.8 Å². The highest BCUT2D eigenvalue weighted by molar-refractivity contribution is 7.98. The maximum atomic E-state index is 11.9. The maximum absolute atomic E-state index is 11.9. The van der Waals surface area contributed by atoms with Gasteiger partial charge in [0.2, 0.25) is 5.91 Å². The quantitative estimate of drug-likeness (QED) is 0.810. The van der Waals surface area contributed by atoms with Gasteiger partial charge in [0.1, 0.15) is 0 Å². The molecule has 0 spiro atoms. The second kappa shape index (κ2) is 7.56. The van der Waals surface area contributed by atoms with Gasteiger partial charge in [-0.2, -0.15) is 0 Å². The van der Waals surface area contributed by atoms with E-state index in [1.807, 2.05) is 0 Å². The van der Waals surface area contributed by atoms with Crippen molar-refractivity contribution in [2.75, 3.05) is 25.9 Å². The minimum atomic E-state index is 0.208. The van der Waals surface area contributed by atoms with Gasteiger partial charge in [-0.05, 0) is 56.3 Å². The molecule has 1 aliphatic heterocycles. The van der Waals surface area contributed by atoms with Gasteiger partial charge >= 0.3 is 0 Å². The standard InChI is InChI=1S/C15H22N2OS/c1-19-14-4-2-12(3-5-14)6-11-17-15(18)13-7-9-16-10-8-13/h2-5,13,16H,6-11H2,1H3,(H,17,18). The van der Waals surface area contributed by atoms with Crippen LogP contribution in [0.25, 0.3) is 0 Å². The maximum Gasteiger partial charge on any atom is 0.223 e. The van der Waals surface area contributed by atoms with Crippen molar-refractivity contribution >= 4 is 17.7 Å². The van der Waals surface area contributed by atoms with Crippen LogP contribution in [0.3, 0.4) is 0 Å². The van der Waals surface area contributed by atoms with Crippen LogP contribution in [-0.4, -0.2) is 31.8 Å². The molecule has 4 heteroatoms. The van der Waals surface area contributed by atoms with Crippen LogP contribution in [0.4, 0.5) is 0 Å². The lowest BCUT2D eigenvalue weighted by atomic mass is 9.97. The lowest BCUT2D eigenvalue weighted by molar-refractivity contribution is -0.125. The monoisotopic (exact) mass is 278 g/mol. The Hall–Kier alpha value is -1.00. The fourth-order valence-electron chi connectivity index (χ4n) is 2.35. The molecule has 1 fully saturated rings. The molecule has 0 aromatic heterocycles. The van der Waals surface area contributed by atoms with Crippen LogP contribution in [-0.2, 0) is 11.2 Å². The molecular weight excluding hydrogens is 256 g/mol. The van der Waals surface area contributed by atoms with Gasteiger partial charge in [-0.1, -0.05) is 12.1 Å². The molecule has 19 heavy (non-hydrogen) atoms. The molecule has 0 saturated carbocycles. The van der Waals surface area contributed by atoms with Crippen molar-refractivity contribution in [2.24, 2.45) is 5.92 Å². The second-order valence-corrected chi connectivity index (χ2v) is 5.79. The summed E-state index contributed by atoms with van der Waals surface area (Å²) in [5, 5.41) is 6.34. The van der Waals surface area contributed by atoms with Crippen molar-refractivity contribution in [3.8, 4) is 0 Å². The number of nitrogens with one attached hydrogen (secondary N) is 2. The van der Waals surface area contributed by atoms with Crippen LogP contribution in [0, 0.1) is 5.92 Å². The number of rotatable bonds is 5. The zero-order chi connectivity index (χ0) is 13.5. The van der Waals surface area contributed by atoms with E-state index in [9.17, 15) is 4.79 Å². The molecule has 1 amide bonds. The summed E-state index contributed by atoms with van der Waals surface area (Å²) in [6.07, 6.45) is 4.92. The summed E-state index contributed by atoms with van der Waals surface area (Å²) >= 11 is 1.75. The van der Waals surface area contributed by atoms with E-state index in [0.29, 0.717) is 0 Å². The summed E-state index contributed by atoms with van der Waals surface area (Å²) in [6, 6.07) is 8.55. The Morgan fingerprint density at radius 2 is 2.00 bits per heavy atom. The molecule has 0 bridgehead atoms. The Balaban J connectivity index is 1.71. The molecule has 0 aliphatic carbocycles. The van der Waals surface area contributed by atoms with Crippen molar-refractivity contribution in [2.45, 2.75) is 24.2 Å². The first-order chi connectivity index (χ1) is 9.29. The molecular formula is C15H22N2OS. The number of hydrogen-bond donors (Lipinski definition) is 2. The summed E-state index contributed by atoms with van der Waals surface area (Å²) < 4.78 is 0. The van der Waals surface area contributed by atoms with Gasteiger partial charge in [-0.25, -0.2) is 0 Å². The van der Waals surface area contributed by atoms with E-state index in [1.165, 1.54) is 10.5 Å². The third-order valence-electron chi connectivity index (χ3n) is 3.58. The largest absolute Gasteiger partial charge is 0.356 e. The van der Waals surface area contributed by atoms with Crippen LogP contribution in [0.5, 0.6) is 0 Å². The highest BCUT2D eigenvalue weighted by Gasteiger charge is 2.19. The first-order valence-corrected chi connectivity index (χ1v) is 8.13. The average molecular weight is 278 g/mol. The molecule has 1 aromatic rings. The van der Waals surface area contributed by atoms with Crippen LogP contribution in [0.15, 0.2) is 29.2 Å². The van der Waals surface area contributed by atoms with Gasteiger partial charge in [0.15, 0.2) is 0 Å². The Kier molecular flexibility index (Phi) is 5.73. The number of benzene rings is 1. The van der Waals surface area contributed by atoms with Crippen LogP contribution in [0.1, 0.15) is 18.4 Å². The minimum Gasteiger partial charge on any atom is -0.356 e. The van der Waals surface area contributed by atoms with E-state index in [0.717, 1.165) is 38.9 Å². The number of carbonyl (C=O) groups is 1. The molecule has 1 saturated heterocycles. The highest BCUT2D eigenvalue weighted by Crippen LogP contribution is 2.15. The van der Waals surface area contributed by atoms with Crippen LogP contribution >= 0.6 is 11.8 Å². The average Bonchev–Trinajstić information content (AvgIpc) is 2.49. The van der Waals surface area contributed by atoms with E-state index < -0.39 is 0 Å². The minimum absolute atomic E-state index is 0.208. The number of hydrogen-bond acceptors (Lipinski definition) is 3. The van der Waals surface area contributed by atoms with Crippen molar-refractivity contribution < 1.29 is 4.79 Å². The Bertz CT molecular complexity index is 399. The summed E-state index contributed by atoms with van der Waals surface area (Å²) in [5.74, 6) is 0.433. The molecule has 2 N–H and O–H groups in total. The third kappa shape index (κ3) is 4.55. The van der Waals surface area contributed by atoms with Crippen LogP contribution in [0.2, 0.25) is 0 Å². The molecule has 3 nitrogen and oxygen atoms in total. The zero-order valence-electron chi connectivity index (χ0n) is 11.4. The molecule has 0 atom stereocenters. The first kappa shape index (κ1) is 14.4. The van der Waals surface area contributed by atoms with Crippen LogP contribution < -0.4 is 10.6 Å². The van der Waals surface area contributed by atoms with E-state index in [4.69, 9.17) is 0 Å². The lowest BCUT2D eigenvalue weighted by Gasteiger charge is -2.21. The van der Waals surface area contributed by atoms with Gasteiger partial charge in [-0.3, -0.25) is 4.79 Å².